The summed E-state index contributed by atoms with van der Waals surface area (Å²) >= 11 is 0. The van der Waals surface area contributed by atoms with Crippen LogP contribution in [0, 0.1) is 0 Å². The van der Waals surface area contributed by atoms with E-state index in [1.807, 2.05) is 6.07 Å². The molecule has 136 valence electrons. The maximum atomic E-state index is 12.3. The summed E-state index contributed by atoms with van der Waals surface area (Å²) in [5.74, 6) is -0.416. The maximum absolute atomic E-state index is 12.3. The van der Waals surface area contributed by atoms with Gasteiger partial charge in [0.15, 0.2) is 5.70 Å². The summed E-state index contributed by atoms with van der Waals surface area (Å²) in [5.41, 5.74) is 0.841. The zero-order valence-corrected chi connectivity index (χ0v) is 15.4. The van der Waals surface area contributed by atoms with Gasteiger partial charge in [-0.05, 0) is 63.2 Å². The van der Waals surface area contributed by atoms with Crippen molar-refractivity contribution in [3.63, 3.8) is 0 Å². The highest BCUT2D eigenvalue weighted by molar-refractivity contribution is 7.89. The lowest BCUT2D eigenvalue weighted by Crippen LogP contribution is -2.40. The molecule has 1 aliphatic heterocycles. The van der Waals surface area contributed by atoms with Crippen LogP contribution in [0.1, 0.15) is 32.0 Å². The predicted molar refractivity (Wildman–Crippen MR) is 97.9 cm³/mol. The van der Waals surface area contributed by atoms with Crippen molar-refractivity contribution in [2.45, 2.75) is 31.2 Å². The number of rotatable bonds is 4. The van der Waals surface area contributed by atoms with Gasteiger partial charge in [-0.15, -0.1) is 0 Å². The fraction of sp³-hybridized carbons (Fsp3) is 0.222. The number of hydrogen-bond donors (Lipinski definition) is 2. The highest BCUT2D eigenvalue weighted by Gasteiger charge is 2.26. The summed E-state index contributed by atoms with van der Waals surface area (Å²) in [7, 11) is -3.63. The second-order valence-corrected chi connectivity index (χ2v) is 8.52. The minimum absolute atomic E-state index is 0.128. The molecule has 0 aliphatic carbocycles. The van der Waals surface area contributed by atoms with Crippen molar-refractivity contribution < 1.29 is 17.9 Å². The molecule has 0 saturated carbocycles. The first-order chi connectivity index (χ1) is 12.1. The number of sulfonamides is 1. The van der Waals surface area contributed by atoms with E-state index < -0.39 is 21.5 Å². The quantitative estimate of drug-likeness (QED) is 0.635. The highest BCUT2D eigenvalue weighted by atomic mass is 32.2. The first kappa shape index (κ1) is 18.1. The van der Waals surface area contributed by atoms with Crippen LogP contribution in [0.4, 0.5) is 0 Å². The molecule has 0 bridgehead atoms. The number of nitrogens with one attached hydrogen (secondary N) is 2. The van der Waals surface area contributed by atoms with Gasteiger partial charge >= 0.3 is 5.97 Å². The Hall–Kier alpha value is -2.71. The maximum Gasteiger partial charge on any atom is 0.363 e. The van der Waals surface area contributed by atoms with E-state index in [-0.39, 0.29) is 16.5 Å². The molecule has 0 saturated heterocycles. The summed E-state index contributed by atoms with van der Waals surface area (Å²) in [6, 6.07) is 9.62. The van der Waals surface area contributed by atoms with Gasteiger partial charge in [0.2, 0.25) is 15.9 Å². The second-order valence-electron chi connectivity index (χ2n) is 6.84. The number of aromatic amines is 1. The molecule has 2 heterocycles. The minimum Gasteiger partial charge on any atom is -0.402 e. The molecule has 1 aliphatic rings. The molecule has 0 atom stereocenters. The van der Waals surface area contributed by atoms with E-state index in [0.29, 0.717) is 5.56 Å². The van der Waals surface area contributed by atoms with Gasteiger partial charge in [-0.25, -0.2) is 22.9 Å². The van der Waals surface area contributed by atoms with Gasteiger partial charge < -0.3 is 9.72 Å². The van der Waals surface area contributed by atoms with E-state index in [0.717, 1.165) is 5.69 Å². The number of esters is 1. The lowest BCUT2D eigenvalue weighted by Gasteiger charge is -2.20. The van der Waals surface area contributed by atoms with Gasteiger partial charge in [0.25, 0.3) is 0 Å². The molecule has 0 amide bonds. The van der Waals surface area contributed by atoms with E-state index in [9.17, 15) is 13.2 Å². The fourth-order valence-electron chi connectivity index (χ4n) is 2.35. The number of hydrogen-bond acceptors (Lipinski definition) is 5. The van der Waals surface area contributed by atoms with E-state index in [2.05, 4.69) is 14.7 Å². The molecule has 0 radical (unpaired) electrons. The molecule has 0 unspecified atom stereocenters. The summed E-state index contributed by atoms with van der Waals surface area (Å²) in [5, 5.41) is 0. The molecule has 0 spiro atoms. The molecular formula is C18H19N3O4S. The molecule has 3 rings (SSSR count). The van der Waals surface area contributed by atoms with Gasteiger partial charge in [0.1, 0.15) is 0 Å². The van der Waals surface area contributed by atoms with Crippen molar-refractivity contribution in [3.05, 3.63) is 59.5 Å². The number of aromatic nitrogens is 1. The van der Waals surface area contributed by atoms with Crippen LogP contribution < -0.4 is 4.72 Å². The number of H-pyrrole nitrogens is 1. The first-order valence-corrected chi connectivity index (χ1v) is 9.43. The third kappa shape index (κ3) is 4.09. The second kappa shape index (κ2) is 6.54. The van der Waals surface area contributed by atoms with Crippen molar-refractivity contribution in [2.75, 3.05) is 0 Å². The molecule has 1 aromatic carbocycles. The third-order valence-electron chi connectivity index (χ3n) is 3.39. The average molecular weight is 373 g/mol. The lowest BCUT2D eigenvalue weighted by molar-refractivity contribution is -0.129. The van der Waals surface area contributed by atoms with Crippen LogP contribution in [0.25, 0.3) is 6.08 Å². The van der Waals surface area contributed by atoms with E-state index in [1.54, 1.807) is 51.2 Å². The molecule has 2 aromatic rings. The van der Waals surface area contributed by atoms with Crippen molar-refractivity contribution in [3.8, 4) is 0 Å². The van der Waals surface area contributed by atoms with Crippen LogP contribution in [0.3, 0.4) is 0 Å². The standard InChI is InChI=1S/C18H19N3O4S/c1-18(2,3)21-26(23,24)14-8-6-12(7-9-14)16-20-15(17(22)25-16)11-13-5-4-10-19-13/h4-11,19,21H,1-3H3/b15-11+. The number of cyclic esters (lactones) is 1. The van der Waals surface area contributed by atoms with Crippen molar-refractivity contribution in [1.82, 2.24) is 9.71 Å². The van der Waals surface area contributed by atoms with Crippen molar-refractivity contribution in [1.29, 1.82) is 0 Å². The summed E-state index contributed by atoms with van der Waals surface area (Å²) in [6.07, 6.45) is 3.32. The van der Waals surface area contributed by atoms with E-state index >= 15 is 0 Å². The predicted octanol–water partition coefficient (Wildman–Crippen LogP) is 2.44. The Labute approximate surface area is 151 Å². The van der Waals surface area contributed by atoms with Crippen LogP contribution in [-0.2, 0) is 19.6 Å². The molecule has 8 heteroatoms. The van der Waals surface area contributed by atoms with Crippen LogP contribution in [-0.4, -0.2) is 30.8 Å². The van der Waals surface area contributed by atoms with Gasteiger partial charge in [0, 0.05) is 23.0 Å². The van der Waals surface area contributed by atoms with Crippen molar-refractivity contribution in [2.24, 2.45) is 4.99 Å². The Morgan fingerprint density at radius 3 is 2.42 bits per heavy atom. The third-order valence-corrected chi connectivity index (χ3v) is 5.16. The normalized spacial score (nSPS) is 16.7. The minimum atomic E-state index is -3.63. The molecule has 1 aromatic heterocycles. The summed E-state index contributed by atoms with van der Waals surface area (Å²) < 4.78 is 32.4. The van der Waals surface area contributed by atoms with Gasteiger partial charge in [-0.2, -0.15) is 0 Å². The molecule has 2 N–H and O–H groups in total. The number of nitrogens with zero attached hydrogens (tertiary/aromatic N) is 1. The molecule has 7 nitrogen and oxygen atoms in total. The SMILES string of the molecule is CC(C)(C)NS(=O)(=O)c1ccc(C2=N/C(=C/c3ccc[nH]3)C(=O)O2)cc1. The Kier molecular flexibility index (Phi) is 4.55. The summed E-state index contributed by atoms with van der Waals surface area (Å²) in [4.78, 5) is 19.2. The Balaban J connectivity index is 1.84. The Morgan fingerprint density at radius 1 is 1.15 bits per heavy atom. The zero-order chi connectivity index (χ0) is 18.9. The van der Waals surface area contributed by atoms with Crippen LogP contribution in [0.15, 0.2) is 58.2 Å². The van der Waals surface area contributed by atoms with Crippen LogP contribution in [0.5, 0.6) is 0 Å². The molecular weight excluding hydrogens is 354 g/mol. The zero-order valence-electron chi connectivity index (χ0n) is 14.6. The number of ether oxygens (including phenoxy) is 1. The highest BCUT2D eigenvalue weighted by Crippen LogP contribution is 2.20. The fourth-order valence-corrected chi connectivity index (χ4v) is 3.77. The topological polar surface area (TPSA) is 101 Å². The van der Waals surface area contributed by atoms with E-state index in [4.69, 9.17) is 4.74 Å². The van der Waals surface area contributed by atoms with Gasteiger partial charge in [0.05, 0.1) is 4.90 Å². The number of carbonyl (C=O) groups is 1. The number of aliphatic imine (C=N–C) groups is 1. The van der Waals surface area contributed by atoms with Crippen LogP contribution in [0.2, 0.25) is 0 Å². The summed E-state index contributed by atoms with van der Waals surface area (Å²) in [6.45, 7) is 5.30. The van der Waals surface area contributed by atoms with E-state index in [1.165, 1.54) is 12.1 Å². The lowest BCUT2D eigenvalue weighted by atomic mass is 10.1. The average Bonchev–Trinajstić information content (AvgIpc) is 3.16. The Morgan fingerprint density at radius 2 is 1.85 bits per heavy atom. The Bertz CT molecular complexity index is 980. The molecule has 26 heavy (non-hydrogen) atoms. The van der Waals surface area contributed by atoms with Crippen molar-refractivity contribution >= 4 is 28.0 Å². The number of benzene rings is 1. The van der Waals surface area contributed by atoms with Crippen LogP contribution >= 0.6 is 0 Å². The molecule has 0 fully saturated rings. The smallest absolute Gasteiger partial charge is 0.363 e. The number of carbonyl (C=O) groups excluding carboxylic acids is 1. The largest absolute Gasteiger partial charge is 0.402 e. The first-order valence-electron chi connectivity index (χ1n) is 7.94. The van der Waals surface area contributed by atoms with Gasteiger partial charge in [-0.3, -0.25) is 0 Å². The van der Waals surface area contributed by atoms with Gasteiger partial charge in [-0.1, -0.05) is 0 Å². The monoisotopic (exact) mass is 373 g/mol.